The van der Waals surface area contributed by atoms with Crippen molar-refractivity contribution in [2.45, 2.75) is 31.9 Å². The topological polar surface area (TPSA) is 25.8 Å². The molecule has 1 fully saturated rings. The van der Waals surface area contributed by atoms with Crippen LogP contribution in [0.25, 0.3) is 0 Å². The van der Waals surface area contributed by atoms with Crippen molar-refractivity contribution in [1.29, 1.82) is 0 Å². The number of hydrogen-bond acceptors (Lipinski definition) is 2. The van der Waals surface area contributed by atoms with Gasteiger partial charge in [0, 0.05) is 12.6 Å². The van der Waals surface area contributed by atoms with Crippen LogP contribution in [0.1, 0.15) is 24.4 Å². The second-order valence-corrected chi connectivity index (χ2v) is 3.90. The van der Waals surface area contributed by atoms with Crippen molar-refractivity contribution in [3.63, 3.8) is 0 Å². The maximum absolute atomic E-state index is 12.1. The lowest BCUT2D eigenvalue weighted by Gasteiger charge is -2.06. The maximum Gasteiger partial charge on any atom is 0.394 e. The van der Waals surface area contributed by atoms with Crippen molar-refractivity contribution >= 4 is 0 Å². The summed E-state index contributed by atoms with van der Waals surface area (Å²) in [6.45, 7) is 0. The van der Waals surface area contributed by atoms with Gasteiger partial charge in [-0.15, -0.1) is 0 Å². The van der Waals surface area contributed by atoms with Crippen molar-refractivity contribution in [1.82, 2.24) is 9.97 Å². The molecule has 0 N–H and O–H groups in total. The molecule has 0 aliphatic heterocycles. The van der Waals surface area contributed by atoms with E-state index < -0.39 is 12.6 Å². The molecule has 0 atom stereocenters. The van der Waals surface area contributed by atoms with Gasteiger partial charge in [0.25, 0.3) is 0 Å². The summed E-state index contributed by atoms with van der Waals surface area (Å²) in [4.78, 5) is 7.88. The van der Waals surface area contributed by atoms with Crippen molar-refractivity contribution in [3.8, 4) is 0 Å². The minimum atomic E-state index is -4.19. The molecule has 1 aliphatic carbocycles. The minimum absolute atomic E-state index is 0.0631. The highest BCUT2D eigenvalue weighted by Gasteiger charge is 2.29. The lowest BCUT2D eigenvalue weighted by atomic mass is 10.2. The Labute approximate surface area is 85.6 Å². The molecule has 0 radical (unpaired) electrons. The Kier molecular flexibility index (Phi) is 2.63. The lowest BCUT2D eigenvalue weighted by Crippen LogP contribution is -2.13. The van der Waals surface area contributed by atoms with Gasteiger partial charge in [-0.1, -0.05) is 0 Å². The summed E-state index contributed by atoms with van der Waals surface area (Å²) in [5.41, 5.74) is 0.0631. The average molecular weight is 216 g/mol. The Morgan fingerprint density at radius 1 is 1.33 bits per heavy atom. The third-order valence-electron chi connectivity index (χ3n) is 2.31. The molecular weight excluding hydrogens is 205 g/mol. The van der Waals surface area contributed by atoms with E-state index in [0.29, 0.717) is 18.2 Å². The SMILES string of the molecule is FC(F)(F)Cc1ccnc(CC2CC2)n1. The second-order valence-electron chi connectivity index (χ2n) is 3.90. The number of nitrogens with zero attached hydrogens (tertiary/aromatic N) is 2. The highest BCUT2D eigenvalue weighted by Crippen LogP contribution is 2.31. The van der Waals surface area contributed by atoms with E-state index in [2.05, 4.69) is 9.97 Å². The van der Waals surface area contributed by atoms with Crippen LogP contribution >= 0.6 is 0 Å². The monoisotopic (exact) mass is 216 g/mol. The number of halogens is 3. The van der Waals surface area contributed by atoms with Crippen LogP contribution in [0.2, 0.25) is 0 Å². The largest absolute Gasteiger partial charge is 0.394 e. The van der Waals surface area contributed by atoms with Crippen molar-refractivity contribution in [2.24, 2.45) is 5.92 Å². The van der Waals surface area contributed by atoms with Crippen LogP contribution < -0.4 is 0 Å². The number of hydrogen-bond donors (Lipinski definition) is 0. The normalized spacial score (nSPS) is 16.7. The van der Waals surface area contributed by atoms with Crippen LogP contribution in [0, 0.1) is 5.92 Å². The fraction of sp³-hybridized carbons (Fsp3) is 0.600. The molecule has 2 nitrogen and oxygen atoms in total. The summed E-state index contributed by atoms with van der Waals surface area (Å²) in [6.07, 6.45) is -0.740. The zero-order valence-electron chi connectivity index (χ0n) is 8.09. The number of alkyl halides is 3. The first kappa shape index (κ1) is 10.4. The third-order valence-corrected chi connectivity index (χ3v) is 2.31. The second kappa shape index (κ2) is 3.79. The third kappa shape index (κ3) is 3.49. The van der Waals surface area contributed by atoms with Gasteiger partial charge < -0.3 is 0 Å². The predicted molar refractivity (Wildman–Crippen MR) is 48.2 cm³/mol. The Balaban J connectivity index is 2.04. The fourth-order valence-corrected chi connectivity index (χ4v) is 1.42. The Hall–Kier alpha value is -1.13. The predicted octanol–water partition coefficient (Wildman–Crippen LogP) is 2.53. The first-order chi connectivity index (χ1) is 7.03. The van der Waals surface area contributed by atoms with Crippen LogP contribution in [0.15, 0.2) is 12.3 Å². The van der Waals surface area contributed by atoms with Crippen molar-refractivity contribution < 1.29 is 13.2 Å². The average Bonchev–Trinajstić information content (AvgIpc) is 2.85. The maximum atomic E-state index is 12.1. The molecule has 0 saturated heterocycles. The lowest BCUT2D eigenvalue weighted by molar-refractivity contribution is -0.127. The van der Waals surface area contributed by atoms with Crippen molar-refractivity contribution in [2.75, 3.05) is 0 Å². The first-order valence-corrected chi connectivity index (χ1v) is 4.90. The Morgan fingerprint density at radius 3 is 2.67 bits per heavy atom. The van der Waals surface area contributed by atoms with Gasteiger partial charge in [-0.2, -0.15) is 13.2 Å². The molecule has 82 valence electrons. The van der Waals surface area contributed by atoms with Gasteiger partial charge in [0.1, 0.15) is 5.82 Å². The molecule has 2 rings (SSSR count). The molecule has 5 heteroatoms. The summed E-state index contributed by atoms with van der Waals surface area (Å²) in [7, 11) is 0. The van der Waals surface area contributed by atoms with E-state index in [0.717, 1.165) is 12.8 Å². The molecule has 0 unspecified atom stereocenters. The molecule has 1 saturated carbocycles. The van der Waals surface area contributed by atoms with Crippen LogP contribution in [0.3, 0.4) is 0 Å². The summed E-state index contributed by atoms with van der Waals surface area (Å²) >= 11 is 0. The van der Waals surface area contributed by atoms with E-state index in [1.807, 2.05) is 0 Å². The van der Waals surface area contributed by atoms with Crippen LogP contribution in [-0.2, 0) is 12.8 Å². The fourth-order valence-electron chi connectivity index (χ4n) is 1.42. The smallest absolute Gasteiger partial charge is 0.241 e. The van der Waals surface area contributed by atoms with Crippen LogP contribution in [0.5, 0.6) is 0 Å². The van der Waals surface area contributed by atoms with Gasteiger partial charge in [0.05, 0.1) is 12.1 Å². The summed E-state index contributed by atoms with van der Waals surface area (Å²) in [6, 6.07) is 1.32. The molecular formula is C10H11F3N2. The van der Waals surface area contributed by atoms with Crippen LogP contribution in [0.4, 0.5) is 13.2 Å². The van der Waals surface area contributed by atoms with Gasteiger partial charge in [-0.3, -0.25) is 0 Å². The summed E-state index contributed by atoms with van der Waals surface area (Å²) in [5.74, 6) is 1.13. The van der Waals surface area contributed by atoms with E-state index in [1.165, 1.54) is 12.3 Å². The van der Waals surface area contributed by atoms with E-state index in [-0.39, 0.29) is 5.69 Å². The van der Waals surface area contributed by atoms with Crippen molar-refractivity contribution in [3.05, 3.63) is 23.8 Å². The standard InChI is InChI=1S/C10H11F3N2/c11-10(12,13)6-8-3-4-14-9(15-8)5-7-1-2-7/h3-4,7H,1-2,5-6H2. The zero-order valence-corrected chi connectivity index (χ0v) is 8.09. The van der Waals surface area contributed by atoms with Gasteiger partial charge in [-0.05, 0) is 24.8 Å². The Bertz CT molecular complexity index is 345. The van der Waals surface area contributed by atoms with Crippen LogP contribution in [-0.4, -0.2) is 16.1 Å². The highest BCUT2D eigenvalue weighted by atomic mass is 19.4. The molecule has 15 heavy (non-hydrogen) atoms. The summed E-state index contributed by atoms with van der Waals surface area (Å²) < 4.78 is 36.3. The highest BCUT2D eigenvalue weighted by molar-refractivity contribution is 5.05. The molecule has 0 spiro atoms. The molecule has 0 aromatic carbocycles. The molecule has 1 aromatic heterocycles. The van der Waals surface area contributed by atoms with E-state index in [4.69, 9.17) is 0 Å². The molecule has 0 bridgehead atoms. The van der Waals surface area contributed by atoms with E-state index in [1.54, 1.807) is 0 Å². The first-order valence-electron chi connectivity index (χ1n) is 4.90. The van der Waals surface area contributed by atoms with Gasteiger partial charge >= 0.3 is 6.18 Å². The van der Waals surface area contributed by atoms with Gasteiger partial charge in [-0.25, -0.2) is 9.97 Å². The van der Waals surface area contributed by atoms with E-state index in [9.17, 15) is 13.2 Å². The minimum Gasteiger partial charge on any atom is -0.241 e. The molecule has 1 aromatic rings. The molecule has 1 heterocycles. The van der Waals surface area contributed by atoms with Gasteiger partial charge in [0.15, 0.2) is 0 Å². The number of aromatic nitrogens is 2. The summed E-state index contributed by atoms with van der Waals surface area (Å²) in [5, 5.41) is 0. The van der Waals surface area contributed by atoms with Gasteiger partial charge in [0.2, 0.25) is 0 Å². The molecule has 1 aliphatic rings. The zero-order chi connectivity index (χ0) is 10.9. The quantitative estimate of drug-likeness (QED) is 0.775. The Morgan fingerprint density at radius 2 is 2.07 bits per heavy atom. The molecule has 0 amide bonds. The number of rotatable bonds is 3. The van der Waals surface area contributed by atoms with E-state index >= 15 is 0 Å².